The molecule has 0 radical (unpaired) electrons. The maximum absolute atomic E-state index is 5.85. The fourth-order valence-electron chi connectivity index (χ4n) is 1.70. The Balaban J connectivity index is 1.89. The van der Waals surface area contributed by atoms with Crippen LogP contribution in [0.5, 0.6) is 0 Å². The molecule has 0 aliphatic carbocycles. The highest BCUT2D eigenvalue weighted by Crippen LogP contribution is 2.23. The van der Waals surface area contributed by atoms with Crippen LogP contribution in [0.15, 0.2) is 48.5 Å². The Labute approximate surface area is 114 Å². The van der Waals surface area contributed by atoms with E-state index in [1.807, 2.05) is 54.6 Å². The molecule has 0 atom stereocenters. The van der Waals surface area contributed by atoms with Crippen LogP contribution < -0.4 is 0 Å². The van der Waals surface area contributed by atoms with Crippen molar-refractivity contribution in [1.29, 1.82) is 0 Å². The highest BCUT2D eigenvalue weighted by atomic mass is 35.5. The van der Waals surface area contributed by atoms with Crippen LogP contribution in [0, 0.1) is 0 Å². The fraction of sp³-hybridized carbons (Fsp3) is 0. The number of para-hydroxylation sites is 1. The number of thiazole rings is 1. The topological polar surface area (TPSA) is 12.9 Å². The van der Waals surface area contributed by atoms with Gasteiger partial charge in [-0.25, -0.2) is 4.98 Å². The summed E-state index contributed by atoms with van der Waals surface area (Å²) in [6.45, 7) is 0. The highest BCUT2D eigenvalue weighted by Gasteiger charge is 1.99. The number of benzene rings is 2. The maximum atomic E-state index is 5.85. The summed E-state index contributed by atoms with van der Waals surface area (Å²) < 4.78 is 1.22. The van der Waals surface area contributed by atoms with Gasteiger partial charge in [0.25, 0.3) is 0 Å². The first-order chi connectivity index (χ1) is 8.81. The van der Waals surface area contributed by atoms with Crippen LogP contribution >= 0.6 is 22.9 Å². The number of fused-ring (bicyclic) bond motifs is 1. The van der Waals surface area contributed by atoms with E-state index < -0.39 is 0 Å². The van der Waals surface area contributed by atoms with Gasteiger partial charge < -0.3 is 0 Å². The van der Waals surface area contributed by atoms with Crippen molar-refractivity contribution in [1.82, 2.24) is 4.98 Å². The molecule has 0 N–H and O–H groups in total. The standard InChI is InChI=1S/C15H10ClNS/c16-12-8-5-11(6-9-12)7-10-15-17-13-3-1-2-4-14(13)18-15/h1-10H/b10-7+. The van der Waals surface area contributed by atoms with E-state index in [0.29, 0.717) is 0 Å². The quantitative estimate of drug-likeness (QED) is 0.630. The van der Waals surface area contributed by atoms with Gasteiger partial charge in [-0.2, -0.15) is 0 Å². The SMILES string of the molecule is Clc1ccc(/C=C/c2nc3ccccc3s2)cc1. The molecule has 3 rings (SSSR count). The third-order valence-electron chi connectivity index (χ3n) is 2.60. The normalized spacial score (nSPS) is 11.4. The molecule has 0 bridgehead atoms. The minimum atomic E-state index is 0.757. The summed E-state index contributed by atoms with van der Waals surface area (Å²) in [7, 11) is 0. The summed E-state index contributed by atoms with van der Waals surface area (Å²) >= 11 is 7.54. The molecule has 88 valence electrons. The molecule has 1 aromatic heterocycles. The molecule has 0 fully saturated rings. The molecule has 0 aliphatic heterocycles. The predicted molar refractivity (Wildman–Crippen MR) is 80.0 cm³/mol. The summed E-state index contributed by atoms with van der Waals surface area (Å²) in [6, 6.07) is 15.9. The molecule has 0 aliphatic rings. The van der Waals surface area contributed by atoms with Crippen LogP contribution in [-0.4, -0.2) is 4.98 Å². The zero-order chi connectivity index (χ0) is 12.4. The van der Waals surface area contributed by atoms with E-state index in [2.05, 4.69) is 11.1 Å². The molecular weight excluding hydrogens is 262 g/mol. The molecule has 0 saturated carbocycles. The lowest BCUT2D eigenvalue weighted by Gasteiger charge is -1.92. The summed E-state index contributed by atoms with van der Waals surface area (Å²) in [5.74, 6) is 0. The van der Waals surface area contributed by atoms with Gasteiger partial charge in [-0.15, -0.1) is 11.3 Å². The van der Waals surface area contributed by atoms with Crippen molar-refractivity contribution in [2.45, 2.75) is 0 Å². The fourth-order valence-corrected chi connectivity index (χ4v) is 2.70. The van der Waals surface area contributed by atoms with E-state index in [0.717, 1.165) is 21.1 Å². The monoisotopic (exact) mass is 271 g/mol. The molecule has 3 aromatic rings. The van der Waals surface area contributed by atoms with Gasteiger partial charge in [0, 0.05) is 5.02 Å². The van der Waals surface area contributed by atoms with Crippen molar-refractivity contribution < 1.29 is 0 Å². The zero-order valence-corrected chi connectivity index (χ0v) is 11.1. The van der Waals surface area contributed by atoms with Crippen molar-refractivity contribution in [3.05, 3.63) is 64.1 Å². The second kappa shape index (κ2) is 4.92. The number of hydrogen-bond donors (Lipinski definition) is 0. The first kappa shape index (κ1) is 11.5. The van der Waals surface area contributed by atoms with Crippen molar-refractivity contribution in [3.63, 3.8) is 0 Å². The Morgan fingerprint density at radius 2 is 1.72 bits per heavy atom. The molecule has 0 unspecified atom stereocenters. The lowest BCUT2D eigenvalue weighted by molar-refractivity contribution is 1.46. The van der Waals surface area contributed by atoms with Crippen LogP contribution in [0.2, 0.25) is 5.02 Å². The van der Waals surface area contributed by atoms with Crippen molar-refractivity contribution in [3.8, 4) is 0 Å². The lowest BCUT2D eigenvalue weighted by Crippen LogP contribution is -1.71. The molecule has 0 saturated heterocycles. The van der Waals surface area contributed by atoms with Gasteiger partial charge in [0.05, 0.1) is 10.2 Å². The third kappa shape index (κ3) is 2.45. The molecule has 2 aromatic carbocycles. The number of hydrogen-bond acceptors (Lipinski definition) is 2. The Hall–Kier alpha value is -1.64. The molecule has 3 heteroatoms. The van der Waals surface area contributed by atoms with Crippen molar-refractivity contribution in [2.24, 2.45) is 0 Å². The summed E-state index contributed by atoms with van der Waals surface area (Å²) in [5.41, 5.74) is 2.18. The van der Waals surface area contributed by atoms with Gasteiger partial charge in [0.15, 0.2) is 0 Å². The van der Waals surface area contributed by atoms with Gasteiger partial charge in [0.1, 0.15) is 5.01 Å². The van der Waals surface area contributed by atoms with E-state index in [9.17, 15) is 0 Å². The maximum Gasteiger partial charge on any atom is 0.117 e. The summed E-state index contributed by atoms with van der Waals surface area (Å²) in [4.78, 5) is 4.55. The molecule has 1 nitrogen and oxygen atoms in total. The second-order valence-electron chi connectivity index (χ2n) is 3.90. The van der Waals surface area contributed by atoms with E-state index >= 15 is 0 Å². The van der Waals surface area contributed by atoms with Gasteiger partial charge in [-0.3, -0.25) is 0 Å². The number of rotatable bonds is 2. The number of aromatic nitrogens is 1. The average molecular weight is 272 g/mol. The van der Waals surface area contributed by atoms with Gasteiger partial charge in [-0.05, 0) is 35.9 Å². The minimum absolute atomic E-state index is 0.757. The highest BCUT2D eigenvalue weighted by molar-refractivity contribution is 7.19. The number of nitrogens with zero attached hydrogens (tertiary/aromatic N) is 1. The Morgan fingerprint density at radius 3 is 2.50 bits per heavy atom. The first-order valence-corrected chi connectivity index (χ1v) is 6.80. The smallest absolute Gasteiger partial charge is 0.117 e. The predicted octanol–water partition coefficient (Wildman–Crippen LogP) is 5.12. The average Bonchev–Trinajstić information content (AvgIpc) is 2.81. The van der Waals surface area contributed by atoms with E-state index in [4.69, 9.17) is 11.6 Å². The largest absolute Gasteiger partial charge is 0.237 e. The summed E-state index contributed by atoms with van der Waals surface area (Å²) in [6.07, 6.45) is 4.09. The first-order valence-electron chi connectivity index (χ1n) is 5.60. The molecule has 0 spiro atoms. The van der Waals surface area contributed by atoms with Gasteiger partial charge in [0.2, 0.25) is 0 Å². The lowest BCUT2D eigenvalue weighted by atomic mass is 10.2. The molecule has 1 heterocycles. The van der Waals surface area contributed by atoms with Crippen LogP contribution in [0.4, 0.5) is 0 Å². The molecule has 0 amide bonds. The summed E-state index contributed by atoms with van der Waals surface area (Å²) in [5, 5.41) is 1.78. The van der Waals surface area contributed by atoms with Crippen LogP contribution in [0.25, 0.3) is 22.4 Å². The van der Waals surface area contributed by atoms with E-state index in [-0.39, 0.29) is 0 Å². The van der Waals surface area contributed by atoms with Crippen molar-refractivity contribution >= 4 is 45.3 Å². The zero-order valence-electron chi connectivity index (χ0n) is 9.51. The van der Waals surface area contributed by atoms with E-state index in [1.54, 1.807) is 11.3 Å². The van der Waals surface area contributed by atoms with Gasteiger partial charge in [-0.1, -0.05) is 41.9 Å². The second-order valence-corrected chi connectivity index (χ2v) is 5.40. The van der Waals surface area contributed by atoms with Gasteiger partial charge >= 0.3 is 0 Å². The minimum Gasteiger partial charge on any atom is -0.237 e. The Kier molecular flexibility index (Phi) is 3.13. The van der Waals surface area contributed by atoms with Crippen LogP contribution in [0.1, 0.15) is 10.6 Å². The molecular formula is C15H10ClNS. The Bertz CT molecular complexity index is 665. The number of halogens is 1. The Morgan fingerprint density at radius 1 is 0.944 bits per heavy atom. The van der Waals surface area contributed by atoms with Crippen LogP contribution in [-0.2, 0) is 0 Å². The van der Waals surface area contributed by atoms with Crippen molar-refractivity contribution in [2.75, 3.05) is 0 Å². The van der Waals surface area contributed by atoms with Crippen LogP contribution in [0.3, 0.4) is 0 Å². The molecule has 18 heavy (non-hydrogen) atoms. The third-order valence-corrected chi connectivity index (χ3v) is 3.85. The van der Waals surface area contributed by atoms with E-state index in [1.165, 1.54) is 4.70 Å².